The Hall–Kier alpha value is -2.37. The number of likely N-dealkylation sites (tertiary alicyclic amines) is 1. The number of carbonyl (C=O) groups is 3. The number of carboxylic acid groups (broad SMARTS) is 1. The molecular formula is C17H22N2O4. The molecule has 0 unspecified atom stereocenters. The van der Waals surface area contributed by atoms with Crippen molar-refractivity contribution in [3.8, 4) is 0 Å². The van der Waals surface area contributed by atoms with Crippen molar-refractivity contribution in [3.05, 3.63) is 29.8 Å². The quantitative estimate of drug-likeness (QED) is 0.756. The second-order valence-corrected chi connectivity index (χ2v) is 5.69. The van der Waals surface area contributed by atoms with Gasteiger partial charge in [-0.1, -0.05) is 12.1 Å². The highest BCUT2D eigenvalue weighted by Crippen LogP contribution is 2.20. The molecule has 0 atom stereocenters. The van der Waals surface area contributed by atoms with E-state index in [0.717, 1.165) is 25.9 Å². The molecule has 124 valence electrons. The lowest BCUT2D eigenvalue weighted by Crippen LogP contribution is -2.28. The van der Waals surface area contributed by atoms with E-state index < -0.39 is 5.97 Å². The summed E-state index contributed by atoms with van der Waals surface area (Å²) in [6.45, 7) is 1.52. The largest absolute Gasteiger partial charge is 0.481 e. The van der Waals surface area contributed by atoms with Crippen molar-refractivity contribution < 1.29 is 19.5 Å². The van der Waals surface area contributed by atoms with E-state index >= 15 is 0 Å². The third-order valence-corrected chi connectivity index (χ3v) is 3.87. The number of unbranched alkanes of at least 4 members (excludes halogenated alkanes) is 1. The van der Waals surface area contributed by atoms with Crippen LogP contribution in [0, 0.1) is 0 Å². The van der Waals surface area contributed by atoms with E-state index in [2.05, 4.69) is 5.32 Å². The van der Waals surface area contributed by atoms with E-state index in [1.807, 2.05) is 0 Å². The first-order valence-corrected chi connectivity index (χ1v) is 7.98. The van der Waals surface area contributed by atoms with Gasteiger partial charge in [0.1, 0.15) is 0 Å². The molecule has 2 N–H and O–H groups in total. The van der Waals surface area contributed by atoms with Crippen molar-refractivity contribution in [2.75, 3.05) is 18.4 Å². The Morgan fingerprint density at radius 2 is 1.70 bits per heavy atom. The van der Waals surface area contributed by atoms with Crippen molar-refractivity contribution >= 4 is 23.5 Å². The number of hydrogen-bond donors (Lipinski definition) is 2. The molecule has 23 heavy (non-hydrogen) atoms. The molecule has 6 heteroatoms. The van der Waals surface area contributed by atoms with Gasteiger partial charge in [-0.05, 0) is 37.8 Å². The molecule has 1 aliphatic rings. The van der Waals surface area contributed by atoms with Gasteiger partial charge in [0.2, 0.25) is 5.91 Å². The van der Waals surface area contributed by atoms with Gasteiger partial charge in [-0.2, -0.15) is 0 Å². The van der Waals surface area contributed by atoms with Gasteiger partial charge < -0.3 is 15.3 Å². The standard InChI is InChI=1S/C17H22N2O4/c20-15(9-3-4-10-16(21)22)18-14-8-2-1-7-13(14)17(23)19-11-5-6-12-19/h1-2,7-8H,3-6,9-12H2,(H,18,20)(H,21,22). The number of rotatable bonds is 7. The Bertz CT molecular complexity index is 580. The highest BCUT2D eigenvalue weighted by atomic mass is 16.4. The summed E-state index contributed by atoms with van der Waals surface area (Å²) >= 11 is 0. The van der Waals surface area contributed by atoms with Gasteiger partial charge in [-0.25, -0.2) is 0 Å². The molecule has 2 amide bonds. The van der Waals surface area contributed by atoms with Gasteiger partial charge in [-0.15, -0.1) is 0 Å². The fourth-order valence-corrected chi connectivity index (χ4v) is 2.64. The molecule has 1 aromatic rings. The van der Waals surface area contributed by atoms with Crippen molar-refractivity contribution in [1.29, 1.82) is 0 Å². The fourth-order valence-electron chi connectivity index (χ4n) is 2.64. The molecule has 0 radical (unpaired) electrons. The predicted molar refractivity (Wildman–Crippen MR) is 86.3 cm³/mol. The summed E-state index contributed by atoms with van der Waals surface area (Å²) in [5, 5.41) is 11.3. The van der Waals surface area contributed by atoms with Crippen LogP contribution < -0.4 is 5.32 Å². The van der Waals surface area contributed by atoms with Crippen LogP contribution in [0.3, 0.4) is 0 Å². The molecule has 1 heterocycles. The molecule has 6 nitrogen and oxygen atoms in total. The molecule has 0 aromatic heterocycles. The second-order valence-electron chi connectivity index (χ2n) is 5.69. The van der Waals surface area contributed by atoms with Gasteiger partial charge in [0.25, 0.3) is 5.91 Å². The van der Waals surface area contributed by atoms with Crippen LogP contribution in [0.25, 0.3) is 0 Å². The minimum atomic E-state index is -0.855. The molecule has 0 bridgehead atoms. The molecule has 0 saturated carbocycles. The smallest absolute Gasteiger partial charge is 0.303 e. The van der Waals surface area contributed by atoms with Gasteiger partial charge in [-0.3, -0.25) is 14.4 Å². The zero-order chi connectivity index (χ0) is 16.7. The van der Waals surface area contributed by atoms with Crippen LogP contribution in [-0.2, 0) is 9.59 Å². The van der Waals surface area contributed by atoms with Crippen LogP contribution in [0.5, 0.6) is 0 Å². The lowest BCUT2D eigenvalue weighted by Gasteiger charge is -2.18. The third kappa shape index (κ3) is 5.09. The number of hydrogen-bond acceptors (Lipinski definition) is 3. The van der Waals surface area contributed by atoms with Crippen LogP contribution in [0.4, 0.5) is 5.69 Å². The van der Waals surface area contributed by atoms with Gasteiger partial charge in [0.05, 0.1) is 11.3 Å². The molecule has 1 fully saturated rings. The first-order valence-electron chi connectivity index (χ1n) is 7.98. The topological polar surface area (TPSA) is 86.7 Å². The first kappa shape index (κ1) is 17.0. The summed E-state index contributed by atoms with van der Waals surface area (Å²) in [6.07, 6.45) is 3.34. The summed E-state index contributed by atoms with van der Waals surface area (Å²) in [4.78, 5) is 36.7. The summed E-state index contributed by atoms with van der Waals surface area (Å²) in [6, 6.07) is 7.01. The maximum atomic E-state index is 12.5. The number of nitrogens with zero attached hydrogens (tertiary/aromatic N) is 1. The van der Waals surface area contributed by atoms with Gasteiger partial charge in [0.15, 0.2) is 0 Å². The molecular weight excluding hydrogens is 296 g/mol. The normalized spacial score (nSPS) is 13.8. The molecule has 1 aromatic carbocycles. The number of carbonyl (C=O) groups excluding carboxylic acids is 2. The number of anilines is 1. The van der Waals surface area contributed by atoms with Crippen LogP contribution in [0.2, 0.25) is 0 Å². The van der Waals surface area contributed by atoms with Crippen molar-refractivity contribution in [3.63, 3.8) is 0 Å². The molecule has 1 saturated heterocycles. The third-order valence-electron chi connectivity index (χ3n) is 3.87. The Morgan fingerprint density at radius 3 is 2.39 bits per heavy atom. The molecule has 2 rings (SSSR count). The number of benzene rings is 1. The van der Waals surface area contributed by atoms with Crippen molar-refractivity contribution in [2.45, 2.75) is 38.5 Å². The van der Waals surface area contributed by atoms with E-state index in [1.54, 1.807) is 29.2 Å². The van der Waals surface area contributed by atoms with Crippen LogP contribution in [0.1, 0.15) is 48.9 Å². The highest BCUT2D eigenvalue weighted by molar-refractivity contribution is 6.03. The first-order chi connectivity index (χ1) is 11.1. The van der Waals surface area contributed by atoms with E-state index in [-0.39, 0.29) is 24.7 Å². The van der Waals surface area contributed by atoms with E-state index in [1.165, 1.54) is 0 Å². The SMILES string of the molecule is O=C(O)CCCCC(=O)Nc1ccccc1C(=O)N1CCCC1. The molecule has 1 aliphatic heterocycles. The number of para-hydroxylation sites is 1. The number of aliphatic carboxylic acids is 1. The number of amides is 2. The van der Waals surface area contributed by atoms with E-state index in [0.29, 0.717) is 24.1 Å². The van der Waals surface area contributed by atoms with Crippen molar-refractivity contribution in [2.24, 2.45) is 0 Å². The molecule has 0 aliphatic carbocycles. The fraction of sp³-hybridized carbons (Fsp3) is 0.471. The highest BCUT2D eigenvalue weighted by Gasteiger charge is 2.22. The monoisotopic (exact) mass is 318 g/mol. The maximum absolute atomic E-state index is 12.5. The zero-order valence-corrected chi connectivity index (χ0v) is 13.1. The zero-order valence-electron chi connectivity index (χ0n) is 13.1. The Morgan fingerprint density at radius 1 is 1.04 bits per heavy atom. The van der Waals surface area contributed by atoms with Crippen molar-refractivity contribution in [1.82, 2.24) is 4.90 Å². The minimum absolute atomic E-state index is 0.0516. The summed E-state index contributed by atoms with van der Waals surface area (Å²) in [5.74, 6) is -1.10. The van der Waals surface area contributed by atoms with E-state index in [9.17, 15) is 14.4 Å². The lowest BCUT2D eigenvalue weighted by molar-refractivity contribution is -0.137. The molecule has 0 spiro atoms. The number of nitrogens with one attached hydrogen (secondary N) is 1. The van der Waals surface area contributed by atoms with E-state index in [4.69, 9.17) is 5.11 Å². The summed E-state index contributed by atoms with van der Waals surface area (Å²) in [5.41, 5.74) is 1.03. The maximum Gasteiger partial charge on any atom is 0.303 e. The Balaban J connectivity index is 1.93. The predicted octanol–water partition coefficient (Wildman–Crippen LogP) is 2.51. The van der Waals surface area contributed by atoms with Crippen LogP contribution in [0.15, 0.2) is 24.3 Å². The average molecular weight is 318 g/mol. The van der Waals surface area contributed by atoms with Gasteiger partial charge in [0, 0.05) is 25.9 Å². The van der Waals surface area contributed by atoms with Crippen LogP contribution in [-0.4, -0.2) is 40.9 Å². The van der Waals surface area contributed by atoms with Crippen LogP contribution >= 0.6 is 0 Å². The lowest BCUT2D eigenvalue weighted by atomic mass is 10.1. The summed E-state index contributed by atoms with van der Waals surface area (Å²) in [7, 11) is 0. The average Bonchev–Trinajstić information content (AvgIpc) is 3.06. The second kappa shape index (κ2) is 8.31. The summed E-state index contributed by atoms with van der Waals surface area (Å²) < 4.78 is 0. The van der Waals surface area contributed by atoms with Gasteiger partial charge >= 0.3 is 5.97 Å². The Labute approximate surface area is 135 Å². The Kier molecular flexibility index (Phi) is 6.14. The minimum Gasteiger partial charge on any atom is -0.481 e. The number of carboxylic acids is 1.